The number of nitrogens with one attached hydrogen (secondary N) is 1. The van der Waals surface area contributed by atoms with E-state index >= 15 is 0 Å². The summed E-state index contributed by atoms with van der Waals surface area (Å²) < 4.78 is 5.12. The lowest BCUT2D eigenvalue weighted by Crippen LogP contribution is -2.31. The normalized spacial score (nSPS) is 11.0. The quantitative estimate of drug-likeness (QED) is 0.859. The number of hydrogen-bond acceptors (Lipinski definition) is 4. The van der Waals surface area contributed by atoms with Gasteiger partial charge >= 0.3 is 0 Å². The maximum Gasteiger partial charge on any atom is 0.251 e. The van der Waals surface area contributed by atoms with Crippen molar-refractivity contribution in [3.63, 3.8) is 0 Å². The van der Waals surface area contributed by atoms with E-state index in [-0.39, 0.29) is 5.91 Å². The Morgan fingerprint density at radius 2 is 2.29 bits per heavy atom. The molecule has 0 spiro atoms. The zero-order valence-electron chi connectivity index (χ0n) is 9.93. The molecule has 2 aromatic rings. The van der Waals surface area contributed by atoms with Crippen molar-refractivity contribution in [2.45, 2.75) is 0 Å². The molecule has 1 amide bonds. The number of likely N-dealkylation sites (N-methyl/N-ethyl adjacent to an activating group) is 1. The van der Waals surface area contributed by atoms with Crippen LogP contribution in [0.5, 0.6) is 0 Å². The summed E-state index contributed by atoms with van der Waals surface area (Å²) in [6, 6.07) is 5.21. The molecule has 0 aliphatic heterocycles. The van der Waals surface area contributed by atoms with Crippen LogP contribution in [0.1, 0.15) is 10.4 Å². The minimum absolute atomic E-state index is 0.0863. The Bertz CT molecular complexity index is 519. The van der Waals surface area contributed by atoms with Gasteiger partial charge in [-0.2, -0.15) is 0 Å². The Kier molecular flexibility index (Phi) is 3.39. The largest absolute Gasteiger partial charge is 0.443 e. The number of aromatic nitrogens is 1. The van der Waals surface area contributed by atoms with Crippen LogP contribution < -0.4 is 5.32 Å². The van der Waals surface area contributed by atoms with Crippen LogP contribution in [0.4, 0.5) is 0 Å². The molecule has 0 saturated heterocycles. The van der Waals surface area contributed by atoms with Crippen molar-refractivity contribution in [3.8, 4) is 0 Å². The van der Waals surface area contributed by atoms with Gasteiger partial charge in [0.25, 0.3) is 5.91 Å². The Hall–Kier alpha value is -1.88. The number of amides is 1. The molecule has 1 N–H and O–H groups in total. The molecule has 0 bridgehead atoms. The van der Waals surface area contributed by atoms with Crippen LogP contribution in [0, 0.1) is 0 Å². The third kappa shape index (κ3) is 2.82. The summed E-state index contributed by atoms with van der Waals surface area (Å²) in [7, 11) is 3.93. The van der Waals surface area contributed by atoms with E-state index in [1.165, 1.54) is 6.39 Å². The standard InChI is InChI=1S/C12H15N3O2/c1-15(2)6-5-13-12(16)9-3-4-11-10(7-9)14-8-17-11/h3-4,7-8H,5-6H2,1-2H3,(H,13,16). The lowest BCUT2D eigenvalue weighted by atomic mass is 10.2. The van der Waals surface area contributed by atoms with Gasteiger partial charge in [0.05, 0.1) is 0 Å². The van der Waals surface area contributed by atoms with E-state index in [0.29, 0.717) is 23.2 Å². The smallest absolute Gasteiger partial charge is 0.251 e. The molecular weight excluding hydrogens is 218 g/mol. The number of fused-ring (bicyclic) bond motifs is 1. The Balaban J connectivity index is 2.03. The third-order valence-electron chi connectivity index (χ3n) is 2.44. The highest BCUT2D eigenvalue weighted by Crippen LogP contribution is 2.13. The summed E-state index contributed by atoms with van der Waals surface area (Å²) in [5, 5.41) is 2.85. The summed E-state index contributed by atoms with van der Waals surface area (Å²) >= 11 is 0. The number of rotatable bonds is 4. The molecule has 90 valence electrons. The second-order valence-corrected chi connectivity index (χ2v) is 4.09. The maximum absolute atomic E-state index is 11.8. The molecule has 1 aromatic heterocycles. The lowest BCUT2D eigenvalue weighted by Gasteiger charge is -2.10. The Morgan fingerprint density at radius 1 is 1.47 bits per heavy atom. The first-order valence-electron chi connectivity index (χ1n) is 5.43. The van der Waals surface area contributed by atoms with Crippen LogP contribution in [0.25, 0.3) is 11.1 Å². The minimum atomic E-state index is -0.0863. The van der Waals surface area contributed by atoms with Crippen molar-refractivity contribution < 1.29 is 9.21 Å². The van der Waals surface area contributed by atoms with Gasteiger partial charge in [-0.3, -0.25) is 4.79 Å². The van der Waals surface area contributed by atoms with Gasteiger partial charge in [-0.15, -0.1) is 0 Å². The van der Waals surface area contributed by atoms with Gasteiger partial charge in [-0.05, 0) is 32.3 Å². The van der Waals surface area contributed by atoms with E-state index in [9.17, 15) is 4.79 Å². The van der Waals surface area contributed by atoms with Gasteiger partial charge in [0.1, 0.15) is 5.52 Å². The molecule has 5 nitrogen and oxygen atoms in total. The molecule has 2 rings (SSSR count). The predicted molar refractivity (Wildman–Crippen MR) is 64.9 cm³/mol. The van der Waals surface area contributed by atoms with E-state index in [1.54, 1.807) is 18.2 Å². The number of nitrogens with zero attached hydrogens (tertiary/aromatic N) is 2. The Morgan fingerprint density at radius 3 is 3.06 bits per heavy atom. The molecule has 1 aromatic carbocycles. The van der Waals surface area contributed by atoms with Crippen molar-refractivity contribution in [3.05, 3.63) is 30.2 Å². The fourth-order valence-electron chi connectivity index (χ4n) is 1.49. The van der Waals surface area contributed by atoms with E-state index in [2.05, 4.69) is 10.3 Å². The maximum atomic E-state index is 11.8. The number of carbonyl (C=O) groups excluding carboxylic acids is 1. The number of carbonyl (C=O) groups is 1. The van der Waals surface area contributed by atoms with Crippen molar-refractivity contribution in [1.82, 2.24) is 15.2 Å². The van der Waals surface area contributed by atoms with Gasteiger partial charge in [0, 0.05) is 18.7 Å². The number of oxazole rings is 1. The van der Waals surface area contributed by atoms with Crippen molar-refractivity contribution in [2.75, 3.05) is 27.2 Å². The van der Waals surface area contributed by atoms with Gasteiger partial charge in [-0.1, -0.05) is 0 Å². The first-order valence-corrected chi connectivity index (χ1v) is 5.43. The highest BCUT2D eigenvalue weighted by Gasteiger charge is 2.07. The minimum Gasteiger partial charge on any atom is -0.443 e. The van der Waals surface area contributed by atoms with Crippen LogP contribution in [0.3, 0.4) is 0 Å². The van der Waals surface area contributed by atoms with Gasteiger partial charge in [0.15, 0.2) is 12.0 Å². The van der Waals surface area contributed by atoms with Crippen molar-refractivity contribution in [1.29, 1.82) is 0 Å². The molecule has 0 unspecified atom stereocenters. The van der Waals surface area contributed by atoms with Crippen LogP contribution in [0.2, 0.25) is 0 Å². The molecule has 17 heavy (non-hydrogen) atoms. The summed E-state index contributed by atoms with van der Waals surface area (Å²) in [5.41, 5.74) is 1.99. The molecule has 5 heteroatoms. The van der Waals surface area contributed by atoms with Gasteiger partial charge < -0.3 is 14.6 Å². The summed E-state index contributed by atoms with van der Waals surface area (Å²) in [6.07, 6.45) is 1.37. The summed E-state index contributed by atoms with van der Waals surface area (Å²) in [5.74, 6) is -0.0863. The zero-order chi connectivity index (χ0) is 12.3. The average molecular weight is 233 g/mol. The lowest BCUT2D eigenvalue weighted by molar-refractivity contribution is 0.0951. The molecule has 0 aliphatic carbocycles. The molecule has 0 atom stereocenters. The van der Waals surface area contributed by atoms with E-state index < -0.39 is 0 Å². The van der Waals surface area contributed by atoms with Gasteiger partial charge in [0.2, 0.25) is 0 Å². The fourth-order valence-corrected chi connectivity index (χ4v) is 1.49. The van der Waals surface area contributed by atoms with Crippen molar-refractivity contribution >= 4 is 17.0 Å². The second kappa shape index (κ2) is 4.97. The van der Waals surface area contributed by atoms with Crippen LogP contribution >= 0.6 is 0 Å². The first-order chi connectivity index (χ1) is 8.16. The SMILES string of the molecule is CN(C)CCNC(=O)c1ccc2ocnc2c1. The van der Waals surface area contributed by atoms with Crippen LogP contribution in [-0.4, -0.2) is 43.0 Å². The number of hydrogen-bond donors (Lipinski definition) is 1. The van der Waals surface area contributed by atoms with Gasteiger partial charge in [-0.25, -0.2) is 4.98 Å². The second-order valence-electron chi connectivity index (χ2n) is 4.09. The molecule has 0 aliphatic rings. The topological polar surface area (TPSA) is 58.4 Å². The average Bonchev–Trinajstić information content (AvgIpc) is 2.75. The van der Waals surface area contributed by atoms with Crippen LogP contribution in [0.15, 0.2) is 29.0 Å². The predicted octanol–water partition coefficient (Wildman–Crippen LogP) is 1.12. The monoisotopic (exact) mass is 233 g/mol. The van der Waals surface area contributed by atoms with E-state index in [0.717, 1.165) is 6.54 Å². The van der Waals surface area contributed by atoms with Crippen LogP contribution in [-0.2, 0) is 0 Å². The molecule has 0 saturated carbocycles. The Labute approximate surface area is 99.4 Å². The van der Waals surface area contributed by atoms with E-state index in [4.69, 9.17) is 4.42 Å². The summed E-state index contributed by atoms with van der Waals surface area (Å²) in [6.45, 7) is 1.45. The highest BCUT2D eigenvalue weighted by atomic mass is 16.3. The number of benzene rings is 1. The molecule has 0 radical (unpaired) electrons. The molecular formula is C12H15N3O2. The summed E-state index contributed by atoms with van der Waals surface area (Å²) in [4.78, 5) is 17.8. The zero-order valence-corrected chi connectivity index (χ0v) is 9.93. The highest BCUT2D eigenvalue weighted by molar-refractivity contribution is 5.96. The first kappa shape index (κ1) is 11.6. The van der Waals surface area contributed by atoms with Crippen molar-refractivity contribution in [2.24, 2.45) is 0 Å². The fraction of sp³-hybridized carbons (Fsp3) is 0.333. The molecule has 0 fully saturated rings. The molecule has 1 heterocycles. The third-order valence-corrected chi connectivity index (χ3v) is 2.44. The van der Waals surface area contributed by atoms with E-state index in [1.807, 2.05) is 19.0 Å².